The van der Waals surface area contributed by atoms with E-state index in [-0.39, 0.29) is 11.9 Å². The van der Waals surface area contributed by atoms with E-state index < -0.39 is 0 Å². The van der Waals surface area contributed by atoms with E-state index >= 15 is 0 Å². The van der Waals surface area contributed by atoms with E-state index in [1.165, 1.54) is 5.56 Å². The van der Waals surface area contributed by atoms with Crippen LogP contribution in [0.5, 0.6) is 0 Å². The molecule has 0 spiro atoms. The third kappa shape index (κ3) is 6.80. The van der Waals surface area contributed by atoms with Crippen LogP contribution in [0.3, 0.4) is 0 Å². The summed E-state index contributed by atoms with van der Waals surface area (Å²) in [6, 6.07) is 18.5. The second kappa shape index (κ2) is 12.2. The first-order valence-electron chi connectivity index (χ1n) is 11.3. The summed E-state index contributed by atoms with van der Waals surface area (Å²) in [6.07, 6.45) is 0. The smallest absolute Gasteiger partial charge is 0.253 e. The number of morpholine rings is 1. The number of benzene rings is 2. The zero-order valence-electron chi connectivity index (χ0n) is 19.4. The molecule has 1 heterocycles. The number of hydrogen-bond donors (Lipinski definition) is 2. The highest BCUT2D eigenvalue weighted by molar-refractivity contribution is 5.93. The van der Waals surface area contributed by atoms with Crippen LogP contribution in [-0.2, 0) is 11.3 Å². The van der Waals surface area contributed by atoms with Gasteiger partial charge in [0.25, 0.3) is 5.91 Å². The molecular weight excluding hydrogens is 402 g/mol. The molecule has 0 saturated carbocycles. The molecule has 7 heteroatoms. The normalized spacial score (nSPS) is 15.8. The lowest BCUT2D eigenvalue weighted by atomic mass is 10.0. The van der Waals surface area contributed by atoms with Crippen molar-refractivity contribution in [3.05, 3.63) is 71.3 Å². The van der Waals surface area contributed by atoms with Gasteiger partial charge in [0.15, 0.2) is 5.96 Å². The van der Waals surface area contributed by atoms with Crippen LogP contribution in [0.1, 0.15) is 34.5 Å². The predicted molar refractivity (Wildman–Crippen MR) is 129 cm³/mol. The van der Waals surface area contributed by atoms with Gasteiger partial charge in [0.1, 0.15) is 0 Å². The van der Waals surface area contributed by atoms with Gasteiger partial charge in [-0.2, -0.15) is 0 Å². The Morgan fingerprint density at radius 1 is 1.06 bits per heavy atom. The molecule has 0 aliphatic carbocycles. The van der Waals surface area contributed by atoms with Gasteiger partial charge in [0.05, 0.1) is 25.8 Å². The SMILES string of the molecule is CCNC(=NCc1ccc(C(=O)N(C)C)cc1)NCC(c1ccccc1)N1CCOCC1. The van der Waals surface area contributed by atoms with Gasteiger partial charge in [0, 0.05) is 45.8 Å². The Morgan fingerprint density at radius 2 is 1.75 bits per heavy atom. The van der Waals surface area contributed by atoms with Crippen molar-refractivity contribution in [1.82, 2.24) is 20.4 Å². The summed E-state index contributed by atoms with van der Waals surface area (Å²) in [4.78, 5) is 20.9. The molecule has 1 saturated heterocycles. The molecule has 1 unspecified atom stereocenters. The highest BCUT2D eigenvalue weighted by Crippen LogP contribution is 2.21. The van der Waals surface area contributed by atoms with Crippen LogP contribution in [0, 0.1) is 0 Å². The second-order valence-electron chi connectivity index (χ2n) is 8.05. The zero-order valence-corrected chi connectivity index (χ0v) is 19.4. The van der Waals surface area contributed by atoms with E-state index in [4.69, 9.17) is 9.73 Å². The fourth-order valence-electron chi connectivity index (χ4n) is 3.74. The monoisotopic (exact) mass is 437 g/mol. The van der Waals surface area contributed by atoms with E-state index in [1.54, 1.807) is 19.0 Å². The molecule has 0 bridgehead atoms. The van der Waals surface area contributed by atoms with Crippen molar-refractivity contribution in [3.63, 3.8) is 0 Å². The van der Waals surface area contributed by atoms with Crippen molar-refractivity contribution in [1.29, 1.82) is 0 Å². The number of amides is 1. The highest BCUT2D eigenvalue weighted by Gasteiger charge is 2.22. The molecule has 32 heavy (non-hydrogen) atoms. The van der Waals surface area contributed by atoms with Gasteiger partial charge < -0.3 is 20.3 Å². The molecular formula is C25H35N5O2. The summed E-state index contributed by atoms with van der Waals surface area (Å²) in [5.41, 5.74) is 3.04. The molecule has 1 atom stereocenters. The van der Waals surface area contributed by atoms with Crippen molar-refractivity contribution >= 4 is 11.9 Å². The van der Waals surface area contributed by atoms with Crippen LogP contribution in [0.4, 0.5) is 0 Å². The molecule has 3 rings (SSSR count). The minimum atomic E-state index is 0.00474. The van der Waals surface area contributed by atoms with Crippen LogP contribution in [-0.4, -0.2) is 75.2 Å². The zero-order chi connectivity index (χ0) is 22.8. The number of nitrogens with one attached hydrogen (secondary N) is 2. The molecule has 0 aromatic heterocycles. The van der Waals surface area contributed by atoms with Crippen LogP contribution >= 0.6 is 0 Å². The number of guanidine groups is 1. The Morgan fingerprint density at radius 3 is 2.38 bits per heavy atom. The summed E-state index contributed by atoms with van der Waals surface area (Å²) in [5.74, 6) is 0.792. The number of carbonyl (C=O) groups is 1. The van der Waals surface area contributed by atoms with Gasteiger partial charge in [-0.3, -0.25) is 9.69 Å². The van der Waals surface area contributed by atoms with E-state index in [9.17, 15) is 4.79 Å². The molecule has 1 amide bonds. The average Bonchev–Trinajstić information content (AvgIpc) is 2.83. The van der Waals surface area contributed by atoms with Gasteiger partial charge in [-0.05, 0) is 30.2 Å². The Balaban J connectivity index is 1.66. The van der Waals surface area contributed by atoms with Crippen LogP contribution < -0.4 is 10.6 Å². The summed E-state index contributed by atoms with van der Waals surface area (Å²) < 4.78 is 5.55. The maximum absolute atomic E-state index is 12.1. The Hall–Kier alpha value is -2.90. The first-order valence-corrected chi connectivity index (χ1v) is 11.3. The molecule has 1 aliphatic heterocycles. The Bertz CT molecular complexity index is 862. The minimum absolute atomic E-state index is 0.00474. The van der Waals surface area contributed by atoms with Crippen molar-refractivity contribution in [2.75, 3.05) is 53.5 Å². The van der Waals surface area contributed by atoms with Gasteiger partial charge in [0.2, 0.25) is 0 Å². The van der Waals surface area contributed by atoms with E-state index in [1.807, 2.05) is 24.3 Å². The standard InChI is InChI=1S/C25H35N5O2/c1-4-26-25(27-18-20-10-12-22(13-11-20)24(31)29(2)3)28-19-23(21-8-6-5-7-9-21)30-14-16-32-17-15-30/h5-13,23H,4,14-19H2,1-3H3,(H2,26,27,28). The largest absolute Gasteiger partial charge is 0.379 e. The van der Waals surface area contributed by atoms with Crippen molar-refractivity contribution in [2.45, 2.75) is 19.5 Å². The average molecular weight is 438 g/mol. The van der Waals surface area contributed by atoms with Crippen LogP contribution in [0.15, 0.2) is 59.6 Å². The molecule has 0 radical (unpaired) electrons. The first kappa shape index (κ1) is 23.8. The lowest BCUT2D eigenvalue weighted by molar-refractivity contribution is 0.0170. The molecule has 1 aliphatic rings. The van der Waals surface area contributed by atoms with Gasteiger partial charge in [-0.25, -0.2) is 4.99 Å². The van der Waals surface area contributed by atoms with Crippen molar-refractivity contribution < 1.29 is 9.53 Å². The summed E-state index contributed by atoms with van der Waals surface area (Å²) >= 11 is 0. The van der Waals surface area contributed by atoms with Gasteiger partial charge in [-0.15, -0.1) is 0 Å². The van der Waals surface area contributed by atoms with Gasteiger partial charge >= 0.3 is 0 Å². The topological polar surface area (TPSA) is 69.2 Å². The Kier molecular flexibility index (Phi) is 9.07. The fraction of sp³-hybridized carbons (Fsp3) is 0.440. The molecule has 7 nitrogen and oxygen atoms in total. The van der Waals surface area contributed by atoms with E-state index in [0.29, 0.717) is 12.1 Å². The van der Waals surface area contributed by atoms with Crippen molar-refractivity contribution in [2.24, 2.45) is 4.99 Å². The number of hydrogen-bond acceptors (Lipinski definition) is 4. The van der Waals surface area contributed by atoms with Crippen LogP contribution in [0.25, 0.3) is 0 Å². The number of aliphatic imine (C=N–C) groups is 1. The molecule has 172 valence electrons. The number of ether oxygens (including phenoxy) is 1. The lowest BCUT2D eigenvalue weighted by Crippen LogP contribution is -2.46. The predicted octanol–water partition coefficient (Wildman–Crippen LogP) is 2.52. The second-order valence-corrected chi connectivity index (χ2v) is 8.05. The van der Waals surface area contributed by atoms with Crippen LogP contribution in [0.2, 0.25) is 0 Å². The third-order valence-electron chi connectivity index (χ3n) is 5.50. The molecule has 2 aromatic rings. The summed E-state index contributed by atoms with van der Waals surface area (Å²) in [5, 5.41) is 6.87. The molecule has 2 aromatic carbocycles. The Labute approximate surface area is 191 Å². The third-order valence-corrected chi connectivity index (χ3v) is 5.50. The first-order chi connectivity index (χ1) is 15.6. The van der Waals surface area contributed by atoms with E-state index in [0.717, 1.165) is 50.9 Å². The minimum Gasteiger partial charge on any atom is -0.379 e. The maximum Gasteiger partial charge on any atom is 0.253 e. The lowest BCUT2D eigenvalue weighted by Gasteiger charge is -2.35. The summed E-state index contributed by atoms with van der Waals surface area (Å²) in [6.45, 7) is 7.53. The molecule has 2 N–H and O–H groups in total. The number of rotatable bonds is 8. The van der Waals surface area contributed by atoms with E-state index in [2.05, 4.69) is 52.8 Å². The maximum atomic E-state index is 12.1. The quantitative estimate of drug-likeness (QED) is 0.491. The molecule has 1 fully saturated rings. The number of carbonyl (C=O) groups excluding carboxylic acids is 1. The van der Waals surface area contributed by atoms with Gasteiger partial charge in [-0.1, -0.05) is 42.5 Å². The fourth-order valence-corrected chi connectivity index (χ4v) is 3.74. The number of nitrogens with zero attached hydrogens (tertiary/aromatic N) is 3. The van der Waals surface area contributed by atoms with Crippen molar-refractivity contribution in [3.8, 4) is 0 Å². The summed E-state index contributed by atoms with van der Waals surface area (Å²) in [7, 11) is 3.52. The highest BCUT2D eigenvalue weighted by atomic mass is 16.5.